The maximum Gasteiger partial charge on any atom is 0.340 e. The van der Waals surface area contributed by atoms with E-state index in [4.69, 9.17) is 26.8 Å². The number of hydrogen-bond donors (Lipinski definition) is 1. The fourth-order valence-corrected chi connectivity index (χ4v) is 5.18. The Morgan fingerprint density at radius 2 is 1.89 bits per heavy atom. The molecule has 0 saturated heterocycles. The number of halogens is 1. The van der Waals surface area contributed by atoms with Crippen LogP contribution in [0.4, 0.5) is 5.69 Å². The van der Waals surface area contributed by atoms with Gasteiger partial charge < -0.3 is 24.7 Å². The molecule has 0 aliphatic carbocycles. The summed E-state index contributed by atoms with van der Waals surface area (Å²) in [6.45, 7) is 1.90. The van der Waals surface area contributed by atoms with Gasteiger partial charge in [0.1, 0.15) is 16.7 Å². The van der Waals surface area contributed by atoms with Crippen LogP contribution in [0.1, 0.15) is 22.4 Å². The van der Waals surface area contributed by atoms with Crippen LogP contribution >= 0.6 is 11.6 Å². The first-order valence-electron chi connectivity index (χ1n) is 10.8. The molecule has 9 heteroatoms. The number of carbonyl (C=O) groups excluding carboxylic acids is 2. The van der Waals surface area contributed by atoms with E-state index in [-0.39, 0.29) is 29.3 Å². The smallest absolute Gasteiger partial charge is 0.340 e. The van der Waals surface area contributed by atoms with Gasteiger partial charge in [0.15, 0.2) is 0 Å². The highest BCUT2D eigenvalue weighted by atomic mass is 35.5. The number of ether oxygens (including phenoxy) is 2. The number of aromatic nitrogens is 1. The molecule has 1 amide bonds. The molecule has 3 heterocycles. The summed E-state index contributed by atoms with van der Waals surface area (Å²) in [6, 6.07) is 15.8. The number of nitrogens with zero attached hydrogens (tertiary/aromatic N) is 2. The highest BCUT2D eigenvalue weighted by Crippen LogP contribution is 2.54. The zero-order chi connectivity index (χ0) is 25.1. The van der Waals surface area contributed by atoms with Gasteiger partial charge in [-0.15, -0.1) is 0 Å². The Kier molecular flexibility index (Phi) is 5.21. The molecule has 1 aromatic heterocycles. The van der Waals surface area contributed by atoms with Gasteiger partial charge in [-0.1, -0.05) is 41.9 Å². The Bertz CT molecular complexity index is 1510. The number of esters is 1. The minimum Gasteiger partial charge on any atom is -0.465 e. The molecular weight excluding hydrogens is 470 g/mol. The lowest BCUT2D eigenvalue weighted by Gasteiger charge is -2.35. The highest BCUT2D eigenvalue weighted by molar-refractivity contribution is 6.30. The molecule has 0 bridgehead atoms. The van der Waals surface area contributed by atoms with Crippen LogP contribution in [0.5, 0.6) is 5.75 Å². The number of carbonyl (C=O) groups is 2. The molecule has 3 aromatic rings. The Balaban J connectivity index is 1.86. The zero-order valence-corrected chi connectivity index (χ0v) is 20.1. The van der Waals surface area contributed by atoms with E-state index in [1.54, 1.807) is 62.5 Å². The Morgan fingerprint density at radius 3 is 2.60 bits per heavy atom. The van der Waals surface area contributed by atoms with Crippen LogP contribution in [0.15, 0.2) is 70.8 Å². The van der Waals surface area contributed by atoms with Gasteiger partial charge in [0.25, 0.3) is 5.56 Å². The number of aryl methyl sites for hydroxylation is 1. The number of para-hydroxylation sites is 1. The van der Waals surface area contributed by atoms with Crippen LogP contribution in [-0.2, 0) is 33.3 Å². The third kappa shape index (κ3) is 3.10. The summed E-state index contributed by atoms with van der Waals surface area (Å²) in [5, 5.41) is 0.525. The van der Waals surface area contributed by atoms with Gasteiger partial charge >= 0.3 is 5.97 Å². The van der Waals surface area contributed by atoms with E-state index in [2.05, 4.69) is 0 Å². The number of methoxy groups -OCH3 is 1. The van der Waals surface area contributed by atoms with E-state index in [1.165, 1.54) is 16.6 Å². The standard InChI is InChI=1S/C26H22ClN3O5/c1-14-11-19-20(23(31)29(14)2)26(21(22(28)35-19)24(32)34-3)17-9-4-5-10-18(17)30(25(26)33)13-15-7-6-8-16(27)12-15/h4-12H,13,28H2,1-3H3. The van der Waals surface area contributed by atoms with Gasteiger partial charge in [-0.3, -0.25) is 9.59 Å². The average Bonchev–Trinajstić information content (AvgIpc) is 3.06. The van der Waals surface area contributed by atoms with E-state index in [0.717, 1.165) is 5.56 Å². The summed E-state index contributed by atoms with van der Waals surface area (Å²) in [5.74, 6) is -1.52. The van der Waals surface area contributed by atoms with Crippen molar-refractivity contribution in [3.8, 4) is 5.75 Å². The number of benzene rings is 2. The van der Waals surface area contributed by atoms with Crippen LogP contribution in [0, 0.1) is 6.92 Å². The number of rotatable bonds is 3. The van der Waals surface area contributed by atoms with Crippen LogP contribution in [0.2, 0.25) is 5.02 Å². The summed E-state index contributed by atoms with van der Waals surface area (Å²) in [5.41, 5.74) is 6.11. The number of hydrogen-bond acceptors (Lipinski definition) is 6. The summed E-state index contributed by atoms with van der Waals surface area (Å²) >= 11 is 6.18. The van der Waals surface area contributed by atoms with Crippen molar-refractivity contribution in [2.24, 2.45) is 12.8 Å². The molecule has 35 heavy (non-hydrogen) atoms. The van der Waals surface area contributed by atoms with E-state index < -0.39 is 22.9 Å². The molecule has 1 unspecified atom stereocenters. The van der Waals surface area contributed by atoms with Crippen molar-refractivity contribution in [3.63, 3.8) is 0 Å². The van der Waals surface area contributed by atoms with Crippen molar-refractivity contribution in [2.45, 2.75) is 18.9 Å². The zero-order valence-electron chi connectivity index (χ0n) is 19.3. The van der Waals surface area contributed by atoms with Crippen molar-refractivity contribution in [1.82, 2.24) is 4.57 Å². The first-order chi connectivity index (χ1) is 16.7. The van der Waals surface area contributed by atoms with E-state index >= 15 is 0 Å². The molecule has 178 valence electrons. The molecule has 1 atom stereocenters. The fraction of sp³-hybridized carbons (Fsp3) is 0.192. The van der Waals surface area contributed by atoms with Gasteiger partial charge in [0.05, 0.1) is 19.2 Å². The highest BCUT2D eigenvalue weighted by Gasteiger charge is 2.62. The van der Waals surface area contributed by atoms with Crippen LogP contribution < -0.4 is 20.9 Å². The Labute approximate surface area is 206 Å². The molecule has 2 N–H and O–H groups in total. The van der Waals surface area contributed by atoms with Gasteiger partial charge in [-0.25, -0.2) is 4.79 Å². The predicted octanol–water partition coefficient (Wildman–Crippen LogP) is 2.92. The molecule has 1 spiro atoms. The van der Waals surface area contributed by atoms with Crippen LogP contribution in [-0.4, -0.2) is 23.6 Å². The topological polar surface area (TPSA) is 104 Å². The lowest BCUT2D eigenvalue weighted by Crippen LogP contribution is -2.51. The Hall–Kier alpha value is -4.04. The normalized spacial score (nSPS) is 18.4. The summed E-state index contributed by atoms with van der Waals surface area (Å²) in [6.07, 6.45) is 0. The van der Waals surface area contributed by atoms with Crippen molar-refractivity contribution in [2.75, 3.05) is 12.0 Å². The quantitative estimate of drug-likeness (QED) is 0.565. The minimum atomic E-state index is -1.84. The SMILES string of the molecule is COC(=O)C1=C(N)Oc2cc(C)n(C)c(=O)c2C12C(=O)N(Cc1cccc(Cl)c1)c1ccccc12. The monoisotopic (exact) mass is 491 g/mol. The molecule has 2 aliphatic heterocycles. The van der Waals surface area contributed by atoms with Crippen LogP contribution in [0.3, 0.4) is 0 Å². The summed E-state index contributed by atoms with van der Waals surface area (Å²) in [7, 11) is 2.79. The van der Waals surface area contributed by atoms with Crippen LogP contribution in [0.25, 0.3) is 0 Å². The number of nitrogens with two attached hydrogens (primary N) is 1. The van der Waals surface area contributed by atoms with Gasteiger partial charge in [-0.2, -0.15) is 0 Å². The maximum absolute atomic E-state index is 14.5. The first-order valence-corrected chi connectivity index (χ1v) is 11.2. The largest absolute Gasteiger partial charge is 0.465 e. The predicted molar refractivity (Wildman–Crippen MR) is 130 cm³/mol. The van der Waals surface area contributed by atoms with E-state index in [9.17, 15) is 14.4 Å². The van der Waals surface area contributed by atoms with Gasteiger partial charge in [-0.05, 0) is 30.7 Å². The average molecular weight is 492 g/mol. The lowest BCUT2D eigenvalue weighted by atomic mass is 9.68. The molecule has 0 saturated carbocycles. The van der Waals surface area contributed by atoms with E-state index in [0.29, 0.717) is 22.0 Å². The molecule has 5 rings (SSSR count). The molecule has 2 aliphatic rings. The summed E-state index contributed by atoms with van der Waals surface area (Å²) < 4.78 is 12.2. The van der Waals surface area contributed by atoms with Gasteiger partial charge in [0, 0.05) is 35.1 Å². The lowest BCUT2D eigenvalue weighted by molar-refractivity contribution is -0.138. The van der Waals surface area contributed by atoms with Crippen molar-refractivity contribution < 1.29 is 19.1 Å². The second-order valence-electron chi connectivity index (χ2n) is 8.51. The summed E-state index contributed by atoms with van der Waals surface area (Å²) in [4.78, 5) is 42.9. The Morgan fingerprint density at radius 1 is 1.14 bits per heavy atom. The second-order valence-corrected chi connectivity index (χ2v) is 8.95. The van der Waals surface area contributed by atoms with Crippen molar-refractivity contribution >= 4 is 29.2 Å². The van der Waals surface area contributed by atoms with Gasteiger partial charge in [0.2, 0.25) is 11.8 Å². The second kappa shape index (κ2) is 8.02. The number of anilines is 1. The number of fused-ring (bicyclic) bond motifs is 4. The van der Waals surface area contributed by atoms with E-state index in [1.807, 2.05) is 6.07 Å². The minimum absolute atomic E-state index is 0.0197. The molecule has 2 aromatic carbocycles. The molecule has 0 fully saturated rings. The molecule has 0 radical (unpaired) electrons. The first kappa shape index (κ1) is 22.7. The number of pyridine rings is 1. The third-order valence-corrected chi connectivity index (χ3v) is 6.87. The maximum atomic E-state index is 14.5. The number of amides is 1. The van der Waals surface area contributed by atoms with Crippen molar-refractivity contribution in [3.05, 3.63) is 104 Å². The molecular formula is C26H22ClN3O5. The fourth-order valence-electron chi connectivity index (χ4n) is 4.96. The third-order valence-electron chi connectivity index (χ3n) is 6.63. The molecule has 8 nitrogen and oxygen atoms in total. The van der Waals surface area contributed by atoms with Crippen molar-refractivity contribution in [1.29, 1.82) is 0 Å².